The molecule has 0 radical (unpaired) electrons. The quantitative estimate of drug-likeness (QED) is 0.162. The van der Waals surface area contributed by atoms with E-state index in [-0.39, 0.29) is 28.5 Å². The van der Waals surface area contributed by atoms with Gasteiger partial charge in [-0.2, -0.15) is 0 Å². The van der Waals surface area contributed by atoms with E-state index in [9.17, 15) is 0 Å². The lowest BCUT2D eigenvalue weighted by Gasteiger charge is -2.53. The van der Waals surface area contributed by atoms with E-state index in [1.165, 1.54) is 106 Å². The number of nitrogens with zero attached hydrogens (tertiary/aromatic N) is 2. The van der Waals surface area contributed by atoms with Crippen LogP contribution in [0.25, 0.3) is 33.4 Å². The van der Waals surface area contributed by atoms with Gasteiger partial charge in [-0.15, -0.1) is 0 Å². The van der Waals surface area contributed by atoms with Crippen LogP contribution in [-0.2, 0) is 21.7 Å². The predicted molar refractivity (Wildman–Crippen MR) is 253 cm³/mol. The first-order valence-corrected chi connectivity index (χ1v) is 21.6. The van der Waals surface area contributed by atoms with Gasteiger partial charge in [0.2, 0.25) is 0 Å². The largest absolute Gasteiger partial charge is 0.375 e. The summed E-state index contributed by atoms with van der Waals surface area (Å²) in [5, 5.41) is 0. The van der Waals surface area contributed by atoms with E-state index in [2.05, 4.69) is 218 Å². The Morgan fingerprint density at radius 1 is 0.458 bits per heavy atom. The van der Waals surface area contributed by atoms with Gasteiger partial charge >= 0.3 is 6.85 Å². The molecule has 0 amide bonds. The molecule has 7 aromatic rings. The molecule has 290 valence electrons. The van der Waals surface area contributed by atoms with Gasteiger partial charge in [-0.3, -0.25) is 0 Å². The van der Waals surface area contributed by atoms with Crippen molar-refractivity contribution in [2.45, 2.75) is 90.9 Å². The van der Waals surface area contributed by atoms with Gasteiger partial charge in [0.15, 0.2) is 0 Å². The number of rotatable bonds is 2. The second-order valence-corrected chi connectivity index (χ2v) is 20.6. The summed E-state index contributed by atoms with van der Waals surface area (Å²) in [5.74, 6) is 0. The van der Waals surface area contributed by atoms with Gasteiger partial charge < -0.3 is 9.71 Å². The molecule has 0 saturated heterocycles. The molecule has 11 rings (SSSR count). The molecular formula is C56H53BN2. The summed E-state index contributed by atoms with van der Waals surface area (Å²) in [6, 6.07) is 53.5. The van der Waals surface area contributed by atoms with Crippen LogP contribution in [0, 0.1) is 0 Å². The second-order valence-electron chi connectivity index (χ2n) is 20.6. The highest BCUT2D eigenvalue weighted by Crippen LogP contribution is 2.62. The normalized spacial score (nSPS) is 16.1. The SMILES string of the molecule is CC(C)(C)c1cc2c3c(c1)C(C)(C)c1cc(C(C)(C)C)cc4c1N3B(c1ccc(-c3ccccc3)cc1-2)c1ccc2c(c1-4)C(C)(C)c1ccccc1N2c1ccccc1. The molecule has 4 aliphatic heterocycles. The molecule has 3 heteroatoms. The minimum absolute atomic E-state index is 0.00263. The molecule has 0 atom stereocenters. The molecule has 0 aromatic heterocycles. The Kier molecular flexibility index (Phi) is 7.33. The molecule has 7 aromatic carbocycles. The lowest BCUT2D eigenvalue weighted by atomic mass is 9.41. The van der Waals surface area contributed by atoms with E-state index < -0.39 is 0 Å². The van der Waals surface area contributed by atoms with E-state index in [1.807, 2.05) is 0 Å². The van der Waals surface area contributed by atoms with E-state index >= 15 is 0 Å². The topological polar surface area (TPSA) is 6.48 Å². The second kappa shape index (κ2) is 11.9. The molecule has 59 heavy (non-hydrogen) atoms. The number of anilines is 5. The first-order chi connectivity index (χ1) is 28.1. The maximum atomic E-state index is 2.79. The van der Waals surface area contributed by atoms with Crippen molar-refractivity contribution in [3.63, 3.8) is 0 Å². The van der Waals surface area contributed by atoms with E-state index in [0.717, 1.165) is 0 Å². The van der Waals surface area contributed by atoms with Crippen molar-refractivity contribution in [3.8, 4) is 33.4 Å². The lowest BCUT2D eigenvalue weighted by Crippen LogP contribution is -2.62. The Balaban J connectivity index is 1.31. The molecule has 0 N–H and O–H groups in total. The van der Waals surface area contributed by atoms with Gasteiger partial charge in [-0.05, 0) is 120 Å². The Morgan fingerprint density at radius 3 is 1.69 bits per heavy atom. The van der Waals surface area contributed by atoms with E-state index in [0.29, 0.717) is 0 Å². The number of hydrogen-bond acceptors (Lipinski definition) is 2. The fourth-order valence-electron chi connectivity index (χ4n) is 11.1. The van der Waals surface area contributed by atoms with Crippen LogP contribution in [0.1, 0.15) is 103 Å². The minimum atomic E-state index is -0.279. The minimum Gasteiger partial charge on any atom is -0.375 e. The van der Waals surface area contributed by atoms with Crippen molar-refractivity contribution in [2.75, 3.05) is 9.71 Å². The summed E-state index contributed by atoms with van der Waals surface area (Å²) in [4.78, 5) is 5.31. The number of hydrogen-bond donors (Lipinski definition) is 0. The summed E-state index contributed by atoms with van der Waals surface area (Å²) < 4.78 is 0. The third kappa shape index (κ3) is 4.94. The summed E-state index contributed by atoms with van der Waals surface area (Å²) in [5.41, 5.74) is 25.0. The van der Waals surface area contributed by atoms with Gasteiger partial charge in [-0.1, -0.05) is 166 Å². The van der Waals surface area contributed by atoms with Crippen LogP contribution in [-0.4, -0.2) is 6.85 Å². The zero-order valence-corrected chi connectivity index (χ0v) is 36.3. The van der Waals surface area contributed by atoms with Crippen molar-refractivity contribution < 1.29 is 0 Å². The van der Waals surface area contributed by atoms with Gasteiger partial charge in [0.1, 0.15) is 0 Å². The zero-order chi connectivity index (χ0) is 41.0. The maximum absolute atomic E-state index is 2.79. The lowest BCUT2D eigenvalue weighted by molar-refractivity contribution is 0.574. The van der Waals surface area contributed by atoms with Crippen LogP contribution < -0.4 is 20.6 Å². The van der Waals surface area contributed by atoms with Crippen LogP contribution in [0.15, 0.2) is 140 Å². The Hall–Kier alpha value is -5.80. The van der Waals surface area contributed by atoms with Gasteiger partial charge in [0.25, 0.3) is 0 Å². The summed E-state index contributed by atoms with van der Waals surface area (Å²) >= 11 is 0. The zero-order valence-electron chi connectivity index (χ0n) is 36.3. The van der Waals surface area contributed by atoms with Crippen molar-refractivity contribution in [3.05, 3.63) is 173 Å². The maximum Gasteiger partial charge on any atom is 0.329 e. The first kappa shape index (κ1) is 36.3. The highest BCUT2D eigenvalue weighted by Gasteiger charge is 2.53. The molecule has 0 bridgehead atoms. The third-order valence-corrected chi connectivity index (χ3v) is 14.3. The predicted octanol–water partition coefficient (Wildman–Crippen LogP) is 13.6. The Morgan fingerprint density at radius 2 is 1.03 bits per heavy atom. The smallest absolute Gasteiger partial charge is 0.329 e. The molecule has 0 saturated carbocycles. The highest BCUT2D eigenvalue weighted by atomic mass is 15.2. The Bertz CT molecular complexity index is 2900. The molecule has 4 aliphatic rings. The standard InChI is InChI=1S/C56H53BN2/c1-53(2,3)36-30-40-39-29-35(34-19-13-11-14-20-34)25-26-45(39)57-46-27-28-48-50(56(9,10)42-23-17-18-24-47(42)58(48)38-21-15-12-16-22-38)49(46)41-31-37(54(4,5)6)33-44-52(41)59(57)51(40)43(32-36)55(44,7)8/h11-33H,1-10H3. The monoisotopic (exact) mass is 764 g/mol. The van der Waals surface area contributed by atoms with Gasteiger partial charge in [-0.25, -0.2) is 0 Å². The van der Waals surface area contributed by atoms with E-state index in [1.54, 1.807) is 0 Å². The molecule has 2 nitrogen and oxygen atoms in total. The average molecular weight is 765 g/mol. The average Bonchev–Trinajstić information content (AvgIpc) is 3.22. The van der Waals surface area contributed by atoms with Crippen molar-refractivity contribution in [1.29, 1.82) is 0 Å². The Labute approximate surface area is 351 Å². The number of para-hydroxylation sites is 2. The van der Waals surface area contributed by atoms with Crippen molar-refractivity contribution >= 4 is 46.2 Å². The third-order valence-electron chi connectivity index (χ3n) is 14.3. The molecule has 0 fully saturated rings. The highest BCUT2D eigenvalue weighted by molar-refractivity contribution is 6.92. The fourth-order valence-corrected chi connectivity index (χ4v) is 11.1. The van der Waals surface area contributed by atoms with Crippen molar-refractivity contribution in [2.24, 2.45) is 0 Å². The van der Waals surface area contributed by atoms with Crippen LogP contribution in [0.3, 0.4) is 0 Å². The molecular weight excluding hydrogens is 711 g/mol. The fraction of sp³-hybridized carbons (Fsp3) is 0.250. The molecule has 0 aliphatic carbocycles. The number of fused-ring (bicyclic) bond motifs is 9. The van der Waals surface area contributed by atoms with Gasteiger partial charge in [0.05, 0.1) is 11.4 Å². The van der Waals surface area contributed by atoms with Crippen LogP contribution >= 0.6 is 0 Å². The molecule has 4 heterocycles. The van der Waals surface area contributed by atoms with Crippen LogP contribution in [0.4, 0.5) is 28.4 Å². The number of benzene rings is 7. The van der Waals surface area contributed by atoms with E-state index in [4.69, 9.17) is 0 Å². The molecule has 0 unspecified atom stereocenters. The summed E-state index contributed by atoms with van der Waals surface area (Å²) in [6.45, 7) is 24.2. The van der Waals surface area contributed by atoms with Gasteiger partial charge in [0, 0.05) is 39.0 Å². The van der Waals surface area contributed by atoms with Crippen molar-refractivity contribution in [1.82, 2.24) is 0 Å². The summed E-state index contributed by atoms with van der Waals surface area (Å²) in [6.07, 6.45) is 0. The summed E-state index contributed by atoms with van der Waals surface area (Å²) in [7, 11) is 0. The first-order valence-electron chi connectivity index (χ1n) is 21.6. The molecule has 0 spiro atoms. The van der Waals surface area contributed by atoms with Crippen LogP contribution in [0.2, 0.25) is 0 Å². The van der Waals surface area contributed by atoms with Crippen LogP contribution in [0.5, 0.6) is 0 Å².